The second-order valence-electron chi connectivity index (χ2n) is 7.29. The van der Waals surface area contributed by atoms with E-state index < -0.39 is 35.1 Å². The second kappa shape index (κ2) is 8.35. The van der Waals surface area contributed by atoms with E-state index in [1.807, 2.05) is 0 Å². The number of rotatable bonds is 5. The van der Waals surface area contributed by atoms with E-state index in [1.54, 1.807) is 0 Å². The lowest BCUT2D eigenvalue weighted by Crippen LogP contribution is -2.52. The number of halogens is 6. The Labute approximate surface area is 193 Å². The first-order valence-corrected chi connectivity index (χ1v) is 9.93. The van der Waals surface area contributed by atoms with Gasteiger partial charge in [0.25, 0.3) is 0 Å². The average molecular weight is 504 g/mol. The molecule has 3 aromatic rings. The molecule has 4 rings (SSSR count). The summed E-state index contributed by atoms with van der Waals surface area (Å²) in [5, 5.41) is 2.68. The highest BCUT2D eigenvalue weighted by Gasteiger charge is 2.66. The first kappa shape index (κ1) is 23.6. The molecule has 1 aromatic heterocycles. The summed E-state index contributed by atoms with van der Waals surface area (Å²) in [5.74, 6) is -1.99. The van der Waals surface area contributed by atoms with Crippen molar-refractivity contribution in [3.63, 3.8) is 0 Å². The molecule has 0 aliphatic carbocycles. The van der Waals surface area contributed by atoms with Gasteiger partial charge in [0, 0.05) is 11.8 Å². The number of ether oxygens (including phenoxy) is 3. The van der Waals surface area contributed by atoms with Crippen LogP contribution in [0.1, 0.15) is 11.1 Å². The minimum Gasteiger partial charge on any atom is -0.490 e. The van der Waals surface area contributed by atoms with Crippen molar-refractivity contribution in [3.05, 3.63) is 68.8 Å². The normalized spacial score (nSPS) is 15.6. The fraction of sp³-hybridized carbons (Fsp3) is 0.238. The third-order valence-electron chi connectivity index (χ3n) is 4.87. The van der Waals surface area contributed by atoms with Gasteiger partial charge in [0.05, 0.1) is 24.9 Å². The van der Waals surface area contributed by atoms with Gasteiger partial charge in [-0.15, -0.1) is 0 Å². The second-order valence-corrected chi connectivity index (χ2v) is 7.70. The van der Waals surface area contributed by atoms with Gasteiger partial charge in [-0.1, -0.05) is 17.7 Å². The van der Waals surface area contributed by atoms with Crippen molar-refractivity contribution in [1.29, 1.82) is 0 Å². The number of fused-ring (bicyclic) bond motifs is 1. The fourth-order valence-corrected chi connectivity index (χ4v) is 3.34. The van der Waals surface area contributed by atoms with E-state index in [-0.39, 0.29) is 29.0 Å². The Hall–Kier alpha value is -3.54. The minimum atomic E-state index is -4.89. The fourth-order valence-electron chi connectivity index (χ4n) is 3.14. The lowest BCUT2D eigenvalue weighted by atomic mass is 10.1. The topological polar surface area (TPSA) is 74.6 Å². The van der Waals surface area contributed by atoms with Gasteiger partial charge in [-0.05, 0) is 36.2 Å². The van der Waals surface area contributed by atoms with E-state index in [2.05, 4.69) is 19.8 Å². The monoisotopic (exact) mass is 503 g/mol. The van der Waals surface area contributed by atoms with Crippen molar-refractivity contribution in [3.8, 4) is 17.2 Å². The van der Waals surface area contributed by atoms with Crippen molar-refractivity contribution >= 4 is 23.2 Å². The molecule has 34 heavy (non-hydrogen) atoms. The Kier molecular flexibility index (Phi) is 5.80. The number of hydrogen-bond acceptors (Lipinski definition) is 6. The van der Waals surface area contributed by atoms with Crippen molar-refractivity contribution in [2.45, 2.75) is 25.7 Å². The van der Waals surface area contributed by atoms with E-state index in [4.69, 9.17) is 16.3 Å². The summed E-state index contributed by atoms with van der Waals surface area (Å²) in [7, 11) is 1.27. The van der Waals surface area contributed by atoms with Crippen LogP contribution in [0, 0.1) is 12.7 Å². The predicted molar refractivity (Wildman–Crippen MR) is 111 cm³/mol. The summed E-state index contributed by atoms with van der Waals surface area (Å²) < 4.78 is 82.4. The molecule has 180 valence electrons. The van der Waals surface area contributed by atoms with Gasteiger partial charge in [0.1, 0.15) is 5.82 Å². The number of anilines is 2. The van der Waals surface area contributed by atoms with Crippen LogP contribution in [0.5, 0.6) is 17.2 Å². The van der Waals surface area contributed by atoms with Gasteiger partial charge in [-0.2, -0.15) is 22.5 Å². The Morgan fingerprint density at radius 2 is 1.76 bits per heavy atom. The standard InChI is InChI=1S/C21H15ClF5N3O4/c1-10-5-15-16(34-21(26,27)20(24,25)33-15)7-14(10)28-19-29-18(31)17(32-2)9-30(19)8-11-3-4-13(23)12(22)6-11/h3-7,9H,8H2,1-2H3,(H,28,29,31). The van der Waals surface area contributed by atoms with Gasteiger partial charge in [0.15, 0.2) is 11.5 Å². The molecule has 1 aliphatic rings. The number of nitrogens with zero attached hydrogens (tertiary/aromatic N) is 2. The predicted octanol–water partition coefficient (Wildman–Crippen LogP) is 5.10. The Bertz CT molecular complexity index is 1330. The van der Waals surface area contributed by atoms with Gasteiger partial charge >= 0.3 is 17.8 Å². The van der Waals surface area contributed by atoms with Crippen LogP contribution in [-0.2, 0) is 6.54 Å². The van der Waals surface area contributed by atoms with Crippen LogP contribution in [0.4, 0.5) is 33.6 Å². The number of benzene rings is 2. The summed E-state index contributed by atoms with van der Waals surface area (Å²) in [4.78, 5) is 16.2. The van der Waals surface area contributed by atoms with Crippen LogP contribution in [0.2, 0.25) is 5.02 Å². The summed E-state index contributed by atoms with van der Waals surface area (Å²) >= 11 is 5.83. The summed E-state index contributed by atoms with van der Waals surface area (Å²) in [5.41, 5.74) is 0.221. The quantitative estimate of drug-likeness (QED) is 0.488. The molecule has 7 nitrogen and oxygen atoms in total. The molecule has 13 heteroatoms. The van der Waals surface area contributed by atoms with Crippen molar-refractivity contribution in [2.24, 2.45) is 0 Å². The van der Waals surface area contributed by atoms with Crippen LogP contribution < -0.4 is 25.1 Å². The number of aromatic nitrogens is 2. The zero-order chi connectivity index (χ0) is 24.8. The molecule has 0 bridgehead atoms. The van der Waals surface area contributed by atoms with Crippen LogP contribution in [0.15, 0.2) is 41.3 Å². The lowest BCUT2D eigenvalue weighted by Gasteiger charge is -2.32. The van der Waals surface area contributed by atoms with Crippen molar-refractivity contribution < 1.29 is 36.2 Å². The van der Waals surface area contributed by atoms with E-state index in [1.165, 1.54) is 43.0 Å². The third kappa shape index (κ3) is 4.32. The summed E-state index contributed by atoms with van der Waals surface area (Å²) in [6.07, 6.45) is -8.42. The molecule has 0 spiro atoms. The van der Waals surface area contributed by atoms with Crippen LogP contribution in [-0.4, -0.2) is 28.9 Å². The van der Waals surface area contributed by atoms with Crippen molar-refractivity contribution in [2.75, 3.05) is 12.4 Å². The smallest absolute Gasteiger partial charge is 0.490 e. The van der Waals surface area contributed by atoms with Gasteiger partial charge < -0.3 is 24.1 Å². The first-order valence-electron chi connectivity index (χ1n) is 9.55. The molecule has 0 saturated carbocycles. The van der Waals surface area contributed by atoms with Crippen LogP contribution in [0.3, 0.4) is 0 Å². The molecule has 1 aliphatic heterocycles. The molecule has 0 fully saturated rings. The highest BCUT2D eigenvalue weighted by molar-refractivity contribution is 6.30. The Morgan fingerprint density at radius 1 is 1.12 bits per heavy atom. The molecule has 0 saturated heterocycles. The zero-order valence-corrected chi connectivity index (χ0v) is 18.2. The molecule has 0 amide bonds. The maximum atomic E-state index is 13.6. The maximum absolute atomic E-state index is 13.6. The highest BCUT2D eigenvalue weighted by atomic mass is 35.5. The van der Waals surface area contributed by atoms with Gasteiger partial charge in [-0.25, -0.2) is 4.39 Å². The number of hydrogen-bond donors (Lipinski definition) is 1. The molecule has 0 atom stereocenters. The highest BCUT2D eigenvalue weighted by Crippen LogP contribution is 2.48. The summed E-state index contributed by atoms with van der Waals surface area (Å²) in [6.45, 7) is 1.54. The molecule has 0 unspecified atom stereocenters. The first-order chi connectivity index (χ1) is 15.9. The minimum absolute atomic E-state index is 0.0527. The zero-order valence-electron chi connectivity index (χ0n) is 17.5. The van der Waals surface area contributed by atoms with E-state index in [9.17, 15) is 26.7 Å². The number of aryl methyl sites for hydroxylation is 1. The SMILES string of the molecule is COc1cn(Cc2ccc(F)c(Cl)c2)c(Nc2cc3c(cc2C)OC(F)(F)C(F)(F)O3)nc1=O. The number of nitrogens with one attached hydrogen (secondary N) is 1. The Morgan fingerprint density at radius 3 is 2.38 bits per heavy atom. The van der Waals surface area contributed by atoms with Crippen LogP contribution >= 0.6 is 11.6 Å². The molecule has 2 aromatic carbocycles. The summed E-state index contributed by atoms with van der Waals surface area (Å²) in [6, 6.07) is 6.10. The number of methoxy groups -OCH3 is 1. The maximum Gasteiger partial charge on any atom is 0.507 e. The van der Waals surface area contributed by atoms with Gasteiger partial charge in [-0.3, -0.25) is 4.79 Å². The largest absolute Gasteiger partial charge is 0.507 e. The van der Waals surface area contributed by atoms with Gasteiger partial charge in [0.2, 0.25) is 11.7 Å². The molecule has 0 radical (unpaired) electrons. The third-order valence-corrected chi connectivity index (χ3v) is 5.16. The average Bonchev–Trinajstić information content (AvgIpc) is 2.74. The lowest BCUT2D eigenvalue weighted by molar-refractivity contribution is -0.391. The van der Waals surface area contributed by atoms with E-state index in [0.29, 0.717) is 11.1 Å². The molecular weight excluding hydrogens is 489 g/mol. The van der Waals surface area contributed by atoms with Crippen LogP contribution in [0.25, 0.3) is 0 Å². The molecule has 2 heterocycles. The molecule has 1 N–H and O–H groups in total. The van der Waals surface area contributed by atoms with Crippen molar-refractivity contribution in [1.82, 2.24) is 9.55 Å². The van der Waals surface area contributed by atoms with E-state index >= 15 is 0 Å². The Balaban J connectivity index is 1.73. The van der Waals surface area contributed by atoms with E-state index in [0.717, 1.165) is 12.1 Å². The molecular formula is C21H15ClF5N3O4. The number of alkyl halides is 4.